The molecule has 1 unspecified atom stereocenters. The standard InChI is InChI=1S/C9H14N4O2S/c1-2-7-11-9(16-12-7)13-4-3-10-5-6(13)8(14)15/h6,10H,2-5H2,1H3,(H,14,15). The molecule has 7 heteroatoms. The van der Waals surface area contributed by atoms with Crippen LogP contribution in [0.1, 0.15) is 12.7 Å². The van der Waals surface area contributed by atoms with Crippen LogP contribution in [0.5, 0.6) is 0 Å². The van der Waals surface area contributed by atoms with Gasteiger partial charge in [0.05, 0.1) is 0 Å². The van der Waals surface area contributed by atoms with Gasteiger partial charge >= 0.3 is 5.97 Å². The maximum Gasteiger partial charge on any atom is 0.327 e. The molecule has 0 spiro atoms. The van der Waals surface area contributed by atoms with Crippen LogP contribution in [-0.2, 0) is 11.2 Å². The van der Waals surface area contributed by atoms with Crippen LogP contribution < -0.4 is 10.2 Å². The van der Waals surface area contributed by atoms with Gasteiger partial charge in [0, 0.05) is 37.6 Å². The predicted octanol–water partition coefficient (Wildman–Crippen LogP) is -0.0367. The lowest BCUT2D eigenvalue weighted by Gasteiger charge is -2.32. The quantitative estimate of drug-likeness (QED) is 0.774. The number of rotatable bonds is 3. The highest BCUT2D eigenvalue weighted by Crippen LogP contribution is 2.21. The summed E-state index contributed by atoms with van der Waals surface area (Å²) in [7, 11) is 0. The summed E-state index contributed by atoms with van der Waals surface area (Å²) in [6, 6.07) is -0.536. The molecule has 0 saturated carbocycles. The number of hydrogen-bond acceptors (Lipinski definition) is 6. The summed E-state index contributed by atoms with van der Waals surface area (Å²) >= 11 is 1.28. The van der Waals surface area contributed by atoms with Gasteiger partial charge in [0.2, 0.25) is 5.13 Å². The molecular formula is C9H14N4O2S. The van der Waals surface area contributed by atoms with Gasteiger partial charge in [0.1, 0.15) is 11.9 Å². The Kier molecular flexibility index (Phi) is 3.35. The van der Waals surface area contributed by atoms with Crippen molar-refractivity contribution >= 4 is 22.6 Å². The van der Waals surface area contributed by atoms with E-state index in [0.29, 0.717) is 18.2 Å². The van der Waals surface area contributed by atoms with Gasteiger partial charge in [-0.15, -0.1) is 0 Å². The summed E-state index contributed by atoms with van der Waals surface area (Å²) in [5.41, 5.74) is 0. The maximum atomic E-state index is 11.1. The van der Waals surface area contributed by atoms with E-state index in [1.54, 1.807) is 0 Å². The lowest BCUT2D eigenvalue weighted by atomic mass is 10.2. The zero-order valence-electron chi connectivity index (χ0n) is 9.01. The SMILES string of the molecule is CCc1nsc(N2CCNCC2C(=O)O)n1. The van der Waals surface area contributed by atoms with Crippen molar-refractivity contribution in [2.24, 2.45) is 0 Å². The number of carbonyl (C=O) groups is 1. The molecule has 1 saturated heterocycles. The fraction of sp³-hybridized carbons (Fsp3) is 0.667. The summed E-state index contributed by atoms with van der Waals surface area (Å²) < 4.78 is 4.18. The fourth-order valence-corrected chi connectivity index (χ4v) is 2.49. The number of carboxylic acids is 1. The van der Waals surface area contributed by atoms with E-state index in [1.807, 2.05) is 11.8 Å². The molecule has 1 fully saturated rings. The van der Waals surface area contributed by atoms with Gasteiger partial charge in [0.25, 0.3) is 0 Å². The van der Waals surface area contributed by atoms with Crippen LogP contribution in [0.2, 0.25) is 0 Å². The Hall–Kier alpha value is -1.21. The van der Waals surface area contributed by atoms with Crippen LogP contribution in [0.3, 0.4) is 0 Å². The molecule has 1 aromatic heterocycles. The Morgan fingerprint density at radius 1 is 1.75 bits per heavy atom. The van der Waals surface area contributed by atoms with Gasteiger partial charge in [-0.3, -0.25) is 0 Å². The van der Waals surface area contributed by atoms with Gasteiger partial charge in [-0.25, -0.2) is 9.78 Å². The van der Waals surface area contributed by atoms with E-state index in [9.17, 15) is 4.79 Å². The molecule has 6 nitrogen and oxygen atoms in total. The van der Waals surface area contributed by atoms with Crippen molar-refractivity contribution < 1.29 is 9.90 Å². The first kappa shape index (κ1) is 11.3. The number of aliphatic carboxylic acids is 1. The van der Waals surface area contributed by atoms with Gasteiger partial charge < -0.3 is 15.3 Å². The Bertz CT molecular complexity index is 381. The van der Waals surface area contributed by atoms with Gasteiger partial charge in [-0.1, -0.05) is 6.92 Å². The molecule has 88 valence electrons. The van der Waals surface area contributed by atoms with E-state index in [1.165, 1.54) is 11.5 Å². The molecule has 2 heterocycles. The summed E-state index contributed by atoms with van der Waals surface area (Å²) in [6.07, 6.45) is 0.778. The monoisotopic (exact) mass is 242 g/mol. The predicted molar refractivity (Wildman–Crippen MR) is 60.9 cm³/mol. The summed E-state index contributed by atoms with van der Waals surface area (Å²) in [5.74, 6) is -0.0388. The van der Waals surface area contributed by atoms with Crippen LogP contribution in [-0.4, -0.2) is 46.1 Å². The minimum Gasteiger partial charge on any atom is -0.480 e. The first-order valence-electron chi connectivity index (χ1n) is 5.25. The molecule has 2 rings (SSSR count). The first-order valence-corrected chi connectivity index (χ1v) is 6.02. The molecular weight excluding hydrogens is 228 g/mol. The van der Waals surface area contributed by atoms with Crippen molar-refractivity contribution in [3.05, 3.63) is 5.82 Å². The maximum absolute atomic E-state index is 11.1. The van der Waals surface area contributed by atoms with E-state index >= 15 is 0 Å². The number of anilines is 1. The van der Waals surface area contributed by atoms with Crippen LogP contribution >= 0.6 is 11.5 Å². The van der Waals surface area contributed by atoms with Crippen molar-refractivity contribution in [3.8, 4) is 0 Å². The first-order chi connectivity index (χ1) is 7.72. The number of piperazine rings is 1. The van der Waals surface area contributed by atoms with E-state index in [0.717, 1.165) is 18.8 Å². The second-order valence-electron chi connectivity index (χ2n) is 3.60. The molecule has 1 aliphatic rings. The normalized spacial score (nSPS) is 21.1. The number of aryl methyl sites for hydroxylation is 1. The van der Waals surface area contributed by atoms with Crippen molar-refractivity contribution in [2.75, 3.05) is 24.5 Å². The van der Waals surface area contributed by atoms with Crippen LogP contribution in [0, 0.1) is 0 Å². The van der Waals surface area contributed by atoms with E-state index in [2.05, 4.69) is 14.7 Å². The molecule has 0 aliphatic carbocycles. The third kappa shape index (κ3) is 2.14. The molecule has 2 N–H and O–H groups in total. The number of aromatic nitrogens is 2. The number of hydrogen-bond donors (Lipinski definition) is 2. The summed E-state index contributed by atoms with van der Waals surface area (Å²) in [6.45, 7) is 3.88. The average Bonchev–Trinajstić information content (AvgIpc) is 2.77. The molecule has 1 atom stereocenters. The largest absolute Gasteiger partial charge is 0.480 e. The van der Waals surface area contributed by atoms with Crippen molar-refractivity contribution in [1.29, 1.82) is 0 Å². The van der Waals surface area contributed by atoms with Gasteiger partial charge in [-0.2, -0.15) is 4.37 Å². The molecule has 0 amide bonds. The minimum atomic E-state index is -0.819. The number of nitrogens with one attached hydrogen (secondary N) is 1. The summed E-state index contributed by atoms with van der Waals surface area (Å²) in [4.78, 5) is 17.2. The lowest BCUT2D eigenvalue weighted by molar-refractivity contribution is -0.138. The highest BCUT2D eigenvalue weighted by atomic mass is 32.1. The Morgan fingerprint density at radius 2 is 2.56 bits per heavy atom. The third-order valence-electron chi connectivity index (χ3n) is 2.55. The van der Waals surface area contributed by atoms with Crippen LogP contribution in [0.15, 0.2) is 0 Å². The van der Waals surface area contributed by atoms with E-state index in [-0.39, 0.29) is 0 Å². The van der Waals surface area contributed by atoms with Crippen molar-refractivity contribution in [1.82, 2.24) is 14.7 Å². The second-order valence-corrected chi connectivity index (χ2v) is 4.33. The zero-order chi connectivity index (χ0) is 11.5. The van der Waals surface area contributed by atoms with Crippen molar-refractivity contribution in [3.63, 3.8) is 0 Å². The highest BCUT2D eigenvalue weighted by Gasteiger charge is 2.30. The summed E-state index contributed by atoms with van der Waals surface area (Å²) in [5, 5.41) is 12.9. The molecule has 0 radical (unpaired) electrons. The van der Waals surface area contributed by atoms with E-state index < -0.39 is 12.0 Å². The minimum absolute atomic E-state index is 0.455. The fourth-order valence-electron chi connectivity index (χ4n) is 1.66. The highest BCUT2D eigenvalue weighted by molar-refractivity contribution is 7.09. The molecule has 1 aromatic rings. The lowest BCUT2D eigenvalue weighted by Crippen LogP contribution is -2.55. The zero-order valence-corrected chi connectivity index (χ0v) is 9.83. The Morgan fingerprint density at radius 3 is 3.19 bits per heavy atom. The molecule has 16 heavy (non-hydrogen) atoms. The van der Waals surface area contributed by atoms with E-state index in [4.69, 9.17) is 5.11 Å². The van der Waals surface area contributed by atoms with Crippen LogP contribution in [0.4, 0.5) is 5.13 Å². The Labute approximate surface area is 97.5 Å². The molecule has 1 aliphatic heterocycles. The van der Waals surface area contributed by atoms with Gasteiger partial charge in [-0.05, 0) is 0 Å². The van der Waals surface area contributed by atoms with Crippen LogP contribution in [0.25, 0.3) is 0 Å². The number of nitrogens with zero attached hydrogens (tertiary/aromatic N) is 3. The van der Waals surface area contributed by atoms with Gasteiger partial charge in [0.15, 0.2) is 0 Å². The smallest absolute Gasteiger partial charge is 0.327 e. The topological polar surface area (TPSA) is 78.4 Å². The second kappa shape index (κ2) is 4.75. The molecule has 0 bridgehead atoms. The molecule has 0 aromatic carbocycles. The van der Waals surface area contributed by atoms with Crippen molar-refractivity contribution in [2.45, 2.75) is 19.4 Å². The third-order valence-corrected chi connectivity index (χ3v) is 3.34. The Balaban J connectivity index is 2.19. The average molecular weight is 242 g/mol. The number of carboxylic acid groups (broad SMARTS) is 1.